The minimum Gasteiger partial charge on any atom is -0.314 e. The van der Waals surface area contributed by atoms with E-state index in [9.17, 15) is 14.5 Å². The van der Waals surface area contributed by atoms with Crippen LogP contribution in [0.3, 0.4) is 0 Å². The molecular formula is C13H19FN2O2. The third kappa shape index (κ3) is 4.07. The highest BCUT2D eigenvalue weighted by Crippen LogP contribution is 2.22. The summed E-state index contributed by atoms with van der Waals surface area (Å²) in [5, 5.41) is 14.2. The van der Waals surface area contributed by atoms with Gasteiger partial charge in [0, 0.05) is 11.6 Å². The molecular weight excluding hydrogens is 235 g/mol. The molecule has 18 heavy (non-hydrogen) atoms. The lowest BCUT2D eigenvalue weighted by atomic mass is 10.0. The van der Waals surface area contributed by atoms with E-state index < -0.39 is 10.7 Å². The van der Waals surface area contributed by atoms with Gasteiger partial charge in [-0.2, -0.15) is 0 Å². The Kier molecular flexibility index (Phi) is 5.71. The lowest BCUT2D eigenvalue weighted by Gasteiger charge is -2.17. The molecule has 0 fully saturated rings. The van der Waals surface area contributed by atoms with E-state index in [1.807, 2.05) is 6.92 Å². The molecule has 0 amide bonds. The molecule has 0 saturated carbocycles. The molecule has 0 spiro atoms. The second-order valence-electron chi connectivity index (χ2n) is 4.28. The molecule has 1 aromatic carbocycles. The molecule has 0 aliphatic carbocycles. The topological polar surface area (TPSA) is 55.2 Å². The van der Waals surface area contributed by atoms with Gasteiger partial charge in [0.05, 0.1) is 11.0 Å². The number of benzene rings is 1. The molecule has 0 aliphatic rings. The van der Waals surface area contributed by atoms with Gasteiger partial charge in [0.1, 0.15) is 5.82 Å². The molecule has 0 saturated heterocycles. The molecule has 1 rings (SSSR count). The van der Waals surface area contributed by atoms with Crippen LogP contribution >= 0.6 is 0 Å². The van der Waals surface area contributed by atoms with Gasteiger partial charge in [-0.05, 0) is 31.5 Å². The fourth-order valence-corrected chi connectivity index (χ4v) is 2.06. The van der Waals surface area contributed by atoms with Gasteiger partial charge in [-0.15, -0.1) is 0 Å². The zero-order valence-corrected chi connectivity index (χ0v) is 10.8. The zero-order valence-electron chi connectivity index (χ0n) is 10.8. The Hall–Kier alpha value is -1.49. The number of nitro groups is 1. The van der Waals surface area contributed by atoms with Crippen molar-refractivity contribution in [2.24, 2.45) is 0 Å². The molecule has 4 nitrogen and oxygen atoms in total. The Bertz CT molecular complexity index is 404. The van der Waals surface area contributed by atoms with Crippen molar-refractivity contribution >= 4 is 5.69 Å². The minimum absolute atomic E-state index is 0.131. The second-order valence-corrected chi connectivity index (χ2v) is 4.28. The maximum Gasteiger partial charge on any atom is 0.275 e. The Balaban J connectivity index is 2.90. The van der Waals surface area contributed by atoms with Crippen LogP contribution in [0.5, 0.6) is 0 Å². The minimum atomic E-state index is -0.569. The summed E-state index contributed by atoms with van der Waals surface area (Å²) in [4.78, 5) is 10.4. The monoisotopic (exact) mass is 254 g/mol. The maximum absolute atomic E-state index is 13.0. The second kappa shape index (κ2) is 7.06. The van der Waals surface area contributed by atoms with Crippen LogP contribution in [0.1, 0.15) is 32.3 Å². The number of nitro benzene ring substituents is 1. The molecule has 0 aliphatic heterocycles. The third-order valence-corrected chi connectivity index (χ3v) is 2.84. The fraction of sp³-hybridized carbons (Fsp3) is 0.538. The van der Waals surface area contributed by atoms with Gasteiger partial charge in [-0.25, -0.2) is 4.39 Å². The quantitative estimate of drug-likeness (QED) is 0.601. The van der Waals surface area contributed by atoms with Crippen molar-refractivity contribution in [3.05, 3.63) is 39.7 Å². The van der Waals surface area contributed by atoms with Gasteiger partial charge in [-0.1, -0.05) is 20.3 Å². The fourth-order valence-electron chi connectivity index (χ4n) is 2.06. The van der Waals surface area contributed by atoms with E-state index in [4.69, 9.17) is 0 Å². The first-order valence-electron chi connectivity index (χ1n) is 6.24. The summed E-state index contributed by atoms with van der Waals surface area (Å²) in [7, 11) is 0. The maximum atomic E-state index is 13.0. The number of halogens is 1. The summed E-state index contributed by atoms with van der Waals surface area (Å²) < 4.78 is 13.0. The van der Waals surface area contributed by atoms with Crippen LogP contribution < -0.4 is 5.32 Å². The summed E-state index contributed by atoms with van der Waals surface area (Å²) in [5.74, 6) is -0.569. The predicted octanol–water partition coefficient (Wildman–Crippen LogP) is 3.05. The summed E-state index contributed by atoms with van der Waals surface area (Å²) in [6.45, 7) is 4.89. The SMILES string of the molecule is CCCC(Cc1ccc(F)cc1[N+](=O)[O-])NCC. The molecule has 1 atom stereocenters. The lowest BCUT2D eigenvalue weighted by Crippen LogP contribution is -2.31. The van der Waals surface area contributed by atoms with Crippen molar-refractivity contribution in [2.45, 2.75) is 39.2 Å². The van der Waals surface area contributed by atoms with E-state index in [1.165, 1.54) is 12.1 Å². The summed E-state index contributed by atoms with van der Waals surface area (Å²) >= 11 is 0. The first kappa shape index (κ1) is 14.6. The first-order valence-corrected chi connectivity index (χ1v) is 6.24. The average molecular weight is 254 g/mol. The highest BCUT2D eigenvalue weighted by Gasteiger charge is 2.18. The lowest BCUT2D eigenvalue weighted by molar-refractivity contribution is -0.385. The molecule has 1 N–H and O–H groups in total. The van der Waals surface area contributed by atoms with Gasteiger partial charge in [0.15, 0.2) is 0 Å². The van der Waals surface area contributed by atoms with E-state index in [-0.39, 0.29) is 11.7 Å². The van der Waals surface area contributed by atoms with Crippen molar-refractivity contribution < 1.29 is 9.31 Å². The Morgan fingerprint density at radius 1 is 1.44 bits per heavy atom. The van der Waals surface area contributed by atoms with Crippen molar-refractivity contribution in [3.8, 4) is 0 Å². The standard InChI is InChI=1S/C13H19FN2O2/c1-3-5-12(15-4-2)8-10-6-7-11(14)9-13(10)16(17)18/h6-7,9,12,15H,3-5,8H2,1-2H3. The van der Waals surface area contributed by atoms with Crippen LogP contribution in [0.15, 0.2) is 18.2 Å². The van der Waals surface area contributed by atoms with Crippen LogP contribution in [-0.4, -0.2) is 17.5 Å². The summed E-state index contributed by atoms with van der Waals surface area (Å²) in [6, 6.07) is 3.97. The molecule has 0 heterocycles. The van der Waals surface area contributed by atoms with Gasteiger partial charge in [0.2, 0.25) is 0 Å². The van der Waals surface area contributed by atoms with E-state index in [0.717, 1.165) is 25.5 Å². The van der Waals surface area contributed by atoms with Crippen LogP contribution in [0.4, 0.5) is 10.1 Å². The number of rotatable bonds is 7. The summed E-state index contributed by atoms with van der Waals surface area (Å²) in [6.07, 6.45) is 2.51. The predicted molar refractivity (Wildman–Crippen MR) is 69.1 cm³/mol. The van der Waals surface area contributed by atoms with Crippen LogP contribution in [0, 0.1) is 15.9 Å². The highest BCUT2D eigenvalue weighted by molar-refractivity contribution is 5.40. The van der Waals surface area contributed by atoms with Gasteiger partial charge in [-0.3, -0.25) is 10.1 Å². The average Bonchev–Trinajstić information content (AvgIpc) is 2.32. The van der Waals surface area contributed by atoms with Crippen molar-refractivity contribution in [2.75, 3.05) is 6.54 Å². The normalized spacial score (nSPS) is 12.4. The Labute approximate surface area is 106 Å². The van der Waals surface area contributed by atoms with Crippen LogP contribution in [0.2, 0.25) is 0 Å². The Morgan fingerprint density at radius 2 is 2.17 bits per heavy atom. The number of nitrogens with one attached hydrogen (secondary N) is 1. The number of hydrogen-bond acceptors (Lipinski definition) is 3. The van der Waals surface area contributed by atoms with Crippen LogP contribution in [0.25, 0.3) is 0 Å². The molecule has 5 heteroatoms. The van der Waals surface area contributed by atoms with Crippen molar-refractivity contribution in [1.29, 1.82) is 0 Å². The molecule has 0 radical (unpaired) electrons. The highest BCUT2D eigenvalue weighted by atomic mass is 19.1. The van der Waals surface area contributed by atoms with Crippen molar-refractivity contribution in [1.82, 2.24) is 5.32 Å². The molecule has 1 unspecified atom stereocenters. The van der Waals surface area contributed by atoms with Gasteiger partial charge >= 0.3 is 0 Å². The van der Waals surface area contributed by atoms with E-state index in [1.54, 1.807) is 0 Å². The van der Waals surface area contributed by atoms with Gasteiger partial charge < -0.3 is 5.32 Å². The molecule has 0 bridgehead atoms. The third-order valence-electron chi connectivity index (χ3n) is 2.84. The van der Waals surface area contributed by atoms with Crippen LogP contribution in [-0.2, 0) is 6.42 Å². The molecule has 1 aromatic rings. The van der Waals surface area contributed by atoms with Crippen molar-refractivity contribution in [3.63, 3.8) is 0 Å². The number of nitrogens with zero attached hydrogens (tertiary/aromatic N) is 1. The zero-order chi connectivity index (χ0) is 13.5. The van der Waals surface area contributed by atoms with E-state index in [2.05, 4.69) is 12.2 Å². The largest absolute Gasteiger partial charge is 0.314 e. The number of hydrogen-bond donors (Lipinski definition) is 1. The first-order chi connectivity index (χ1) is 8.58. The smallest absolute Gasteiger partial charge is 0.275 e. The molecule has 0 aromatic heterocycles. The van der Waals surface area contributed by atoms with E-state index >= 15 is 0 Å². The van der Waals surface area contributed by atoms with E-state index in [0.29, 0.717) is 12.0 Å². The number of likely N-dealkylation sites (N-methyl/N-ethyl adjacent to an activating group) is 1. The summed E-state index contributed by atoms with van der Waals surface area (Å²) in [5.41, 5.74) is 0.454. The molecule has 100 valence electrons. The van der Waals surface area contributed by atoms with Gasteiger partial charge in [0.25, 0.3) is 5.69 Å². The Morgan fingerprint density at radius 3 is 2.72 bits per heavy atom.